The molecule has 0 spiro atoms. The van der Waals surface area contributed by atoms with E-state index in [0.717, 1.165) is 4.90 Å². The van der Waals surface area contributed by atoms with Gasteiger partial charge >= 0.3 is 5.37 Å². The molecule has 0 N–H and O–H groups in total. The summed E-state index contributed by atoms with van der Waals surface area (Å²) in [6.07, 6.45) is 0. The number of hydrogen-bond donors (Lipinski definition) is 0. The molecule has 0 aliphatic heterocycles. The van der Waals surface area contributed by atoms with Crippen LogP contribution in [0.2, 0.25) is 0 Å². The zero-order valence-corrected chi connectivity index (χ0v) is 8.52. The lowest BCUT2D eigenvalue weighted by Gasteiger charge is -2.18. The summed E-state index contributed by atoms with van der Waals surface area (Å²) < 4.78 is 0. The molecular weight excluding hydrogens is 201 g/mol. The molecule has 0 bridgehead atoms. The second-order valence-corrected chi connectivity index (χ2v) is 3.38. The van der Waals surface area contributed by atoms with Crippen molar-refractivity contribution < 1.29 is 9.59 Å². The van der Waals surface area contributed by atoms with Gasteiger partial charge in [-0.3, -0.25) is 14.5 Å². The van der Waals surface area contributed by atoms with Crippen LogP contribution in [0, 0.1) is 5.92 Å². The molecule has 0 aliphatic carbocycles. The maximum absolute atomic E-state index is 11.0. The minimum atomic E-state index is -0.769. The standard InChI is InChI=1S/C7H11Cl2NO2/c1-5(2)4-10(7(9)12)6(11)3-8/h5H,3-4H2,1-2H3. The molecule has 3 nitrogen and oxygen atoms in total. The van der Waals surface area contributed by atoms with E-state index in [9.17, 15) is 9.59 Å². The highest BCUT2D eigenvalue weighted by molar-refractivity contribution is 6.64. The average Bonchev–Trinajstić information content (AvgIpc) is 1.98. The van der Waals surface area contributed by atoms with E-state index in [4.69, 9.17) is 23.2 Å². The van der Waals surface area contributed by atoms with Crippen LogP contribution in [0.3, 0.4) is 0 Å². The molecule has 0 unspecified atom stereocenters. The van der Waals surface area contributed by atoms with Crippen LogP contribution in [0.5, 0.6) is 0 Å². The van der Waals surface area contributed by atoms with Crippen molar-refractivity contribution in [2.45, 2.75) is 13.8 Å². The van der Waals surface area contributed by atoms with Crippen molar-refractivity contribution in [3.05, 3.63) is 0 Å². The van der Waals surface area contributed by atoms with Crippen molar-refractivity contribution >= 4 is 34.5 Å². The van der Waals surface area contributed by atoms with Gasteiger partial charge in [0.25, 0.3) is 0 Å². The Hall–Kier alpha value is -0.280. The molecule has 0 saturated carbocycles. The van der Waals surface area contributed by atoms with Crippen LogP contribution in [0.1, 0.15) is 13.8 Å². The van der Waals surface area contributed by atoms with Gasteiger partial charge in [0.2, 0.25) is 5.91 Å². The molecule has 0 saturated heterocycles. The summed E-state index contributed by atoms with van der Waals surface area (Å²) in [5.74, 6) is -0.476. The van der Waals surface area contributed by atoms with Crippen molar-refractivity contribution in [2.24, 2.45) is 5.92 Å². The van der Waals surface area contributed by atoms with Gasteiger partial charge in [-0.25, -0.2) is 0 Å². The quantitative estimate of drug-likeness (QED) is 0.408. The number of hydrogen-bond acceptors (Lipinski definition) is 2. The van der Waals surface area contributed by atoms with E-state index in [-0.39, 0.29) is 11.8 Å². The Morgan fingerprint density at radius 3 is 2.17 bits per heavy atom. The van der Waals surface area contributed by atoms with Crippen LogP contribution in [0.15, 0.2) is 0 Å². The maximum atomic E-state index is 11.0. The molecule has 0 aliphatic rings. The Morgan fingerprint density at radius 2 is 1.92 bits per heavy atom. The van der Waals surface area contributed by atoms with Crippen LogP contribution in [0.4, 0.5) is 4.79 Å². The third kappa shape index (κ3) is 3.93. The molecule has 0 aromatic heterocycles. The van der Waals surface area contributed by atoms with Gasteiger partial charge in [-0.2, -0.15) is 0 Å². The first-order chi connectivity index (χ1) is 5.49. The van der Waals surface area contributed by atoms with Gasteiger partial charge in [-0.1, -0.05) is 13.8 Å². The number of carbonyl (C=O) groups is 2. The van der Waals surface area contributed by atoms with E-state index in [1.54, 1.807) is 0 Å². The van der Waals surface area contributed by atoms with Crippen LogP contribution in [-0.4, -0.2) is 28.6 Å². The van der Waals surface area contributed by atoms with Gasteiger partial charge < -0.3 is 0 Å². The molecule has 12 heavy (non-hydrogen) atoms. The third-order valence-corrected chi connectivity index (χ3v) is 1.61. The number of amides is 2. The van der Waals surface area contributed by atoms with Gasteiger partial charge in [0.05, 0.1) is 0 Å². The Labute approximate surface area is 81.6 Å². The van der Waals surface area contributed by atoms with Gasteiger partial charge in [-0.05, 0) is 17.5 Å². The molecular formula is C7H11Cl2NO2. The molecule has 0 aromatic carbocycles. The lowest BCUT2D eigenvalue weighted by atomic mass is 10.2. The fourth-order valence-electron chi connectivity index (χ4n) is 0.709. The Morgan fingerprint density at radius 1 is 1.42 bits per heavy atom. The predicted molar refractivity (Wildman–Crippen MR) is 48.5 cm³/mol. The largest absolute Gasteiger partial charge is 0.323 e. The number of halogens is 2. The summed E-state index contributed by atoms with van der Waals surface area (Å²) >= 11 is 10.4. The Kier molecular flexibility index (Phi) is 5.25. The summed E-state index contributed by atoms with van der Waals surface area (Å²) in [4.78, 5) is 22.6. The summed E-state index contributed by atoms with van der Waals surface area (Å²) in [6, 6.07) is 0. The molecule has 0 rings (SSSR count). The van der Waals surface area contributed by atoms with E-state index in [0.29, 0.717) is 6.54 Å². The van der Waals surface area contributed by atoms with E-state index in [2.05, 4.69) is 0 Å². The van der Waals surface area contributed by atoms with Crippen LogP contribution >= 0.6 is 23.2 Å². The van der Waals surface area contributed by atoms with Crippen molar-refractivity contribution in [1.82, 2.24) is 4.90 Å². The van der Waals surface area contributed by atoms with E-state index >= 15 is 0 Å². The zero-order valence-electron chi connectivity index (χ0n) is 7.01. The molecule has 5 heteroatoms. The maximum Gasteiger partial charge on any atom is 0.323 e. The molecule has 0 heterocycles. The number of carbonyl (C=O) groups excluding carboxylic acids is 2. The summed E-state index contributed by atoms with van der Waals surface area (Å²) in [6.45, 7) is 4.08. The molecule has 70 valence electrons. The number of alkyl halides is 1. The highest BCUT2D eigenvalue weighted by atomic mass is 35.5. The first-order valence-corrected chi connectivity index (χ1v) is 4.46. The highest BCUT2D eigenvalue weighted by Crippen LogP contribution is 2.04. The van der Waals surface area contributed by atoms with Gasteiger partial charge in [0.15, 0.2) is 0 Å². The normalized spacial score (nSPS) is 10.1. The number of rotatable bonds is 3. The zero-order chi connectivity index (χ0) is 9.72. The number of nitrogens with zero attached hydrogens (tertiary/aromatic N) is 1. The first kappa shape index (κ1) is 11.7. The van der Waals surface area contributed by atoms with Gasteiger partial charge in [0.1, 0.15) is 5.88 Å². The van der Waals surface area contributed by atoms with E-state index in [1.165, 1.54) is 0 Å². The van der Waals surface area contributed by atoms with E-state index < -0.39 is 11.3 Å². The molecule has 0 fully saturated rings. The summed E-state index contributed by atoms with van der Waals surface area (Å²) in [7, 11) is 0. The molecule has 0 radical (unpaired) electrons. The number of imide groups is 1. The summed E-state index contributed by atoms with van der Waals surface area (Å²) in [5.41, 5.74) is 0. The summed E-state index contributed by atoms with van der Waals surface area (Å²) in [5, 5.41) is -0.769. The minimum Gasteiger partial charge on any atom is -0.273 e. The van der Waals surface area contributed by atoms with Crippen molar-refractivity contribution in [1.29, 1.82) is 0 Å². The fourth-order valence-corrected chi connectivity index (χ4v) is 1.02. The molecule has 0 atom stereocenters. The molecule has 2 amide bonds. The third-order valence-electron chi connectivity index (χ3n) is 1.18. The smallest absolute Gasteiger partial charge is 0.273 e. The highest BCUT2D eigenvalue weighted by Gasteiger charge is 2.19. The van der Waals surface area contributed by atoms with Gasteiger partial charge in [0, 0.05) is 6.54 Å². The van der Waals surface area contributed by atoms with E-state index in [1.807, 2.05) is 13.8 Å². The minimum absolute atomic E-state index is 0.194. The van der Waals surface area contributed by atoms with Crippen LogP contribution in [-0.2, 0) is 4.79 Å². The monoisotopic (exact) mass is 211 g/mol. The molecule has 0 aromatic rings. The topological polar surface area (TPSA) is 37.4 Å². The lowest BCUT2D eigenvalue weighted by Crippen LogP contribution is -2.36. The van der Waals surface area contributed by atoms with Crippen molar-refractivity contribution in [3.63, 3.8) is 0 Å². The van der Waals surface area contributed by atoms with Crippen LogP contribution in [0.25, 0.3) is 0 Å². The lowest BCUT2D eigenvalue weighted by molar-refractivity contribution is -0.125. The van der Waals surface area contributed by atoms with Crippen molar-refractivity contribution in [2.75, 3.05) is 12.4 Å². The first-order valence-electron chi connectivity index (χ1n) is 3.54. The second kappa shape index (κ2) is 5.38. The van der Waals surface area contributed by atoms with Crippen LogP contribution < -0.4 is 0 Å². The predicted octanol–water partition coefficient (Wildman–Crippen LogP) is 2.07. The van der Waals surface area contributed by atoms with Gasteiger partial charge in [-0.15, -0.1) is 11.6 Å². The second-order valence-electron chi connectivity index (χ2n) is 2.78. The Balaban J connectivity index is 4.23. The fraction of sp³-hybridized carbons (Fsp3) is 0.714. The average molecular weight is 212 g/mol. The van der Waals surface area contributed by atoms with Crippen molar-refractivity contribution in [3.8, 4) is 0 Å². The Bertz CT molecular complexity index is 182. The SMILES string of the molecule is CC(C)CN(C(=O)Cl)C(=O)CCl.